The molecule has 16 heavy (non-hydrogen) atoms. The van der Waals surface area contributed by atoms with Crippen molar-refractivity contribution in [2.45, 2.75) is 51.4 Å². The van der Waals surface area contributed by atoms with Gasteiger partial charge in [-0.3, -0.25) is 0 Å². The topological polar surface area (TPSA) is 34.4 Å². The summed E-state index contributed by atoms with van der Waals surface area (Å²) < 4.78 is 7.74. The fourth-order valence-corrected chi connectivity index (χ4v) is 2.20. The second kappa shape index (κ2) is 5.51. The SMILES string of the molecule is CCC(O)c1ccn(CCC2CCCO2)c1. The molecular formula is C13H21NO2. The molecule has 1 N–H and O–H groups in total. The van der Waals surface area contributed by atoms with E-state index < -0.39 is 0 Å². The normalized spacial score (nSPS) is 22.5. The Hall–Kier alpha value is -0.800. The third-order valence-electron chi connectivity index (χ3n) is 3.28. The minimum Gasteiger partial charge on any atom is -0.388 e. The molecule has 1 fully saturated rings. The Kier molecular flexibility index (Phi) is 4.02. The third kappa shape index (κ3) is 2.86. The van der Waals surface area contributed by atoms with Gasteiger partial charge in [0.15, 0.2) is 0 Å². The van der Waals surface area contributed by atoms with Gasteiger partial charge in [-0.1, -0.05) is 6.92 Å². The smallest absolute Gasteiger partial charge is 0.0802 e. The summed E-state index contributed by atoms with van der Waals surface area (Å²) >= 11 is 0. The van der Waals surface area contributed by atoms with Gasteiger partial charge in [-0.15, -0.1) is 0 Å². The van der Waals surface area contributed by atoms with Crippen molar-refractivity contribution < 1.29 is 9.84 Å². The largest absolute Gasteiger partial charge is 0.388 e. The zero-order valence-electron chi connectivity index (χ0n) is 9.93. The van der Waals surface area contributed by atoms with Crippen molar-refractivity contribution in [2.75, 3.05) is 6.61 Å². The lowest BCUT2D eigenvalue weighted by Crippen LogP contribution is -2.09. The van der Waals surface area contributed by atoms with E-state index in [1.807, 2.05) is 25.4 Å². The van der Waals surface area contributed by atoms with Crippen LogP contribution in [0, 0.1) is 0 Å². The number of hydrogen-bond acceptors (Lipinski definition) is 2. The standard InChI is InChI=1S/C13H21NO2/c1-2-13(15)11-5-7-14(10-11)8-6-12-4-3-9-16-12/h5,7,10,12-13,15H,2-4,6,8-9H2,1H3. The number of aliphatic hydroxyl groups is 1. The van der Waals surface area contributed by atoms with E-state index in [-0.39, 0.29) is 6.10 Å². The predicted octanol–water partition coefficient (Wildman–Crippen LogP) is 2.50. The predicted molar refractivity (Wildman–Crippen MR) is 63.3 cm³/mol. The zero-order chi connectivity index (χ0) is 11.4. The molecule has 0 saturated carbocycles. The van der Waals surface area contributed by atoms with E-state index in [0.717, 1.165) is 31.6 Å². The summed E-state index contributed by atoms with van der Waals surface area (Å²) in [6, 6.07) is 2.00. The highest BCUT2D eigenvalue weighted by Crippen LogP contribution is 2.19. The molecular weight excluding hydrogens is 202 g/mol. The fourth-order valence-electron chi connectivity index (χ4n) is 2.20. The van der Waals surface area contributed by atoms with Gasteiger partial charge < -0.3 is 14.4 Å². The Labute approximate surface area is 97.0 Å². The van der Waals surface area contributed by atoms with E-state index in [9.17, 15) is 5.11 Å². The van der Waals surface area contributed by atoms with Crippen LogP contribution in [0.1, 0.15) is 44.3 Å². The molecule has 1 aromatic heterocycles. The first kappa shape index (κ1) is 11.7. The van der Waals surface area contributed by atoms with Crippen LogP contribution in [0.4, 0.5) is 0 Å². The van der Waals surface area contributed by atoms with Crippen LogP contribution in [0.15, 0.2) is 18.5 Å². The molecule has 1 aliphatic heterocycles. The molecule has 3 heteroatoms. The van der Waals surface area contributed by atoms with Gasteiger partial charge in [0.05, 0.1) is 12.2 Å². The first-order valence-electron chi connectivity index (χ1n) is 6.25. The molecule has 0 spiro atoms. The first-order chi connectivity index (χ1) is 7.79. The van der Waals surface area contributed by atoms with Gasteiger partial charge >= 0.3 is 0 Å². The van der Waals surface area contributed by atoms with Gasteiger partial charge in [0.1, 0.15) is 0 Å². The molecule has 3 nitrogen and oxygen atoms in total. The Balaban J connectivity index is 1.82. The maximum Gasteiger partial charge on any atom is 0.0802 e. The van der Waals surface area contributed by atoms with E-state index in [2.05, 4.69) is 4.57 Å². The molecule has 0 amide bonds. The molecule has 1 saturated heterocycles. The van der Waals surface area contributed by atoms with E-state index in [1.165, 1.54) is 12.8 Å². The van der Waals surface area contributed by atoms with Crippen molar-refractivity contribution in [3.63, 3.8) is 0 Å². The maximum atomic E-state index is 9.68. The fraction of sp³-hybridized carbons (Fsp3) is 0.692. The van der Waals surface area contributed by atoms with E-state index in [1.54, 1.807) is 0 Å². The monoisotopic (exact) mass is 223 g/mol. The average Bonchev–Trinajstić information content (AvgIpc) is 2.96. The van der Waals surface area contributed by atoms with Crippen LogP contribution in [0.25, 0.3) is 0 Å². The Morgan fingerprint density at radius 3 is 3.19 bits per heavy atom. The Morgan fingerprint density at radius 1 is 1.62 bits per heavy atom. The van der Waals surface area contributed by atoms with Crippen LogP contribution >= 0.6 is 0 Å². The summed E-state index contributed by atoms with van der Waals surface area (Å²) in [5, 5.41) is 9.68. The van der Waals surface area contributed by atoms with Gasteiger partial charge in [-0.2, -0.15) is 0 Å². The summed E-state index contributed by atoms with van der Waals surface area (Å²) in [5.74, 6) is 0. The Morgan fingerprint density at radius 2 is 2.50 bits per heavy atom. The second-order valence-electron chi connectivity index (χ2n) is 4.53. The van der Waals surface area contributed by atoms with E-state index >= 15 is 0 Å². The molecule has 2 unspecified atom stereocenters. The summed E-state index contributed by atoms with van der Waals surface area (Å²) in [7, 11) is 0. The number of rotatable bonds is 5. The van der Waals surface area contributed by atoms with Crippen molar-refractivity contribution in [3.8, 4) is 0 Å². The minimum atomic E-state index is -0.316. The van der Waals surface area contributed by atoms with Gasteiger partial charge in [-0.25, -0.2) is 0 Å². The quantitative estimate of drug-likeness (QED) is 0.832. The second-order valence-corrected chi connectivity index (χ2v) is 4.53. The van der Waals surface area contributed by atoms with E-state index in [4.69, 9.17) is 4.74 Å². The minimum absolute atomic E-state index is 0.316. The van der Waals surface area contributed by atoms with Crippen molar-refractivity contribution >= 4 is 0 Å². The number of ether oxygens (including phenoxy) is 1. The number of aryl methyl sites for hydroxylation is 1. The van der Waals surface area contributed by atoms with Crippen LogP contribution in [-0.4, -0.2) is 22.4 Å². The molecule has 2 atom stereocenters. The van der Waals surface area contributed by atoms with Crippen molar-refractivity contribution in [1.82, 2.24) is 4.57 Å². The maximum absolute atomic E-state index is 9.68. The number of nitrogens with zero attached hydrogens (tertiary/aromatic N) is 1. The van der Waals surface area contributed by atoms with Crippen molar-refractivity contribution in [3.05, 3.63) is 24.0 Å². The number of aliphatic hydroxyl groups excluding tert-OH is 1. The number of hydrogen-bond donors (Lipinski definition) is 1. The van der Waals surface area contributed by atoms with E-state index in [0.29, 0.717) is 6.10 Å². The highest BCUT2D eigenvalue weighted by Gasteiger charge is 2.15. The molecule has 90 valence electrons. The molecule has 1 aliphatic rings. The van der Waals surface area contributed by atoms with Crippen LogP contribution < -0.4 is 0 Å². The van der Waals surface area contributed by atoms with Crippen LogP contribution in [0.5, 0.6) is 0 Å². The Bertz CT molecular complexity index is 315. The summed E-state index contributed by atoms with van der Waals surface area (Å²) in [6.07, 6.45) is 8.48. The van der Waals surface area contributed by atoms with Crippen molar-refractivity contribution in [1.29, 1.82) is 0 Å². The van der Waals surface area contributed by atoms with Crippen molar-refractivity contribution in [2.24, 2.45) is 0 Å². The summed E-state index contributed by atoms with van der Waals surface area (Å²) in [6.45, 7) is 3.91. The summed E-state index contributed by atoms with van der Waals surface area (Å²) in [4.78, 5) is 0. The molecule has 0 bridgehead atoms. The summed E-state index contributed by atoms with van der Waals surface area (Å²) in [5.41, 5.74) is 1.02. The molecule has 0 aliphatic carbocycles. The van der Waals surface area contributed by atoms with Gasteiger partial charge in [0.25, 0.3) is 0 Å². The molecule has 0 aromatic carbocycles. The lowest BCUT2D eigenvalue weighted by atomic mass is 10.1. The third-order valence-corrected chi connectivity index (χ3v) is 3.28. The van der Waals surface area contributed by atoms with Crippen LogP contribution in [0.3, 0.4) is 0 Å². The molecule has 2 rings (SSSR count). The van der Waals surface area contributed by atoms with Gasteiger partial charge in [0, 0.05) is 25.5 Å². The first-order valence-corrected chi connectivity index (χ1v) is 6.25. The number of aromatic nitrogens is 1. The van der Waals surface area contributed by atoms with Crippen LogP contribution in [0.2, 0.25) is 0 Å². The van der Waals surface area contributed by atoms with Gasteiger partial charge in [0.2, 0.25) is 0 Å². The highest BCUT2D eigenvalue weighted by atomic mass is 16.5. The molecule has 0 radical (unpaired) electrons. The molecule has 2 heterocycles. The molecule has 1 aromatic rings. The lowest BCUT2D eigenvalue weighted by Gasteiger charge is -2.09. The lowest BCUT2D eigenvalue weighted by molar-refractivity contribution is 0.100. The van der Waals surface area contributed by atoms with Gasteiger partial charge in [-0.05, 0) is 37.3 Å². The van der Waals surface area contributed by atoms with Crippen LogP contribution in [-0.2, 0) is 11.3 Å². The zero-order valence-corrected chi connectivity index (χ0v) is 9.93. The average molecular weight is 223 g/mol. The highest BCUT2D eigenvalue weighted by molar-refractivity contribution is 5.13.